The lowest BCUT2D eigenvalue weighted by atomic mass is 10.2. The second kappa shape index (κ2) is 10.8. The van der Waals surface area contributed by atoms with E-state index in [0.717, 1.165) is 32.7 Å². The van der Waals surface area contributed by atoms with Gasteiger partial charge in [0.2, 0.25) is 5.91 Å². The molecule has 1 aromatic rings. The predicted octanol–water partition coefficient (Wildman–Crippen LogP) is 2.16. The van der Waals surface area contributed by atoms with Crippen molar-refractivity contribution in [2.45, 2.75) is 26.7 Å². The molecule has 1 N–H and O–H groups in total. The number of hydrogen-bond acceptors (Lipinski definition) is 4. The summed E-state index contributed by atoms with van der Waals surface area (Å²) in [6, 6.07) is 4.08. The van der Waals surface area contributed by atoms with Crippen LogP contribution < -0.4 is 5.32 Å². The number of likely N-dealkylation sites (N-methyl/N-ethyl adjacent to an activating group) is 1. The SMILES string of the molecule is CCN(CC)CCOCCNC(=O)CCc1cccs1. The van der Waals surface area contributed by atoms with E-state index < -0.39 is 0 Å². The van der Waals surface area contributed by atoms with Crippen LogP contribution in [0.2, 0.25) is 0 Å². The number of amides is 1. The molecule has 1 aromatic heterocycles. The molecule has 0 saturated heterocycles. The lowest BCUT2D eigenvalue weighted by Crippen LogP contribution is -2.30. The predicted molar refractivity (Wildman–Crippen MR) is 84.3 cm³/mol. The van der Waals surface area contributed by atoms with Gasteiger partial charge >= 0.3 is 0 Å². The zero-order valence-electron chi connectivity index (χ0n) is 12.6. The lowest BCUT2D eigenvalue weighted by molar-refractivity contribution is -0.121. The minimum Gasteiger partial charge on any atom is -0.378 e. The van der Waals surface area contributed by atoms with Gasteiger partial charge in [0, 0.05) is 24.4 Å². The monoisotopic (exact) mass is 298 g/mol. The summed E-state index contributed by atoms with van der Waals surface area (Å²) in [6.07, 6.45) is 1.38. The smallest absolute Gasteiger partial charge is 0.220 e. The van der Waals surface area contributed by atoms with Crippen molar-refractivity contribution >= 4 is 17.2 Å². The zero-order valence-corrected chi connectivity index (χ0v) is 13.4. The molecule has 0 saturated carbocycles. The Morgan fingerprint density at radius 2 is 2.15 bits per heavy atom. The summed E-state index contributed by atoms with van der Waals surface area (Å²) >= 11 is 1.70. The molecule has 1 heterocycles. The lowest BCUT2D eigenvalue weighted by Gasteiger charge is -2.17. The fourth-order valence-electron chi connectivity index (χ4n) is 1.88. The topological polar surface area (TPSA) is 41.6 Å². The van der Waals surface area contributed by atoms with E-state index in [1.165, 1.54) is 4.88 Å². The van der Waals surface area contributed by atoms with Gasteiger partial charge in [0.1, 0.15) is 0 Å². The molecule has 5 heteroatoms. The molecule has 0 aliphatic rings. The van der Waals surface area contributed by atoms with E-state index in [0.29, 0.717) is 19.6 Å². The Labute approximate surface area is 126 Å². The molecule has 0 aliphatic carbocycles. The van der Waals surface area contributed by atoms with Crippen molar-refractivity contribution in [2.24, 2.45) is 0 Å². The molecular formula is C15H26N2O2S. The number of carbonyl (C=O) groups excluding carboxylic acids is 1. The number of aryl methyl sites for hydroxylation is 1. The van der Waals surface area contributed by atoms with Crippen molar-refractivity contribution in [3.8, 4) is 0 Å². The third-order valence-corrected chi connectivity index (χ3v) is 4.13. The van der Waals surface area contributed by atoms with Crippen LogP contribution in [0.1, 0.15) is 25.1 Å². The van der Waals surface area contributed by atoms with Crippen LogP contribution in [0.25, 0.3) is 0 Å². The molecule has 0 aliphatic heterocycles. The van der Waals surface area contributed by atoms with Crippen molar-refractivity contribution in [2.75, 3.05) is 39.4 Å². The zero-order chi connectivity index (χ0) is 14.6. The maximum Gasteiger partial charge on any atom is 0.220 e. The number of rotatable bonds is 11. The standard InChI is InChI=1S/C15H26N2O2S/c1-3-17(4-2)10-12-19-11-9-16-15(18)8-7-14-6-5-13-20-14/h5-6,13H,3-4,7-12H2,1-2H3,(H,16,18). The Morgan fingerprint density at radius 1 is 1.35 bits per heavy atom. The van der Waals surface area contributed by atoms with Crippen LogP contribution in [-0.4, -0.2) is 50.2 Å². The molecule has 0 spiro atoms. The molecule has 1 rings (SSSR count). The average molecular weight is 298 g/mol. The summed E-state index contributed by atoms with van der Waals surface area (Å²) in [5, 5.41) is 4.93. The van der Waals surface area contributed by atoms with Gasteiger partial charge in [-0.3, -0.25) is 4.79 Å². The highest BCUT2D eigenvalue weighted by molar-refractivity contribution is 7.09. The summed E-state index contributed by atoms with van der Waals surface area (Å²) in [6.45, 7) is 9.28. The van der Waals surface area contributed by atoms with Gasteiger partial charge in [-0.25, -0.2) is 0 Å². The summed E-state index contributed by atoms with van der Waals surface area (Å²) < 4.78 is 5.51. The highest BCUT2D eigenvalue weighted by Crippen LogP contribution is 2.10. The number of thiophene rings is 1. The first-order valence-electron chi connectivity index (χ1n) is 7.35. The Balaban J connectivity index is 1.94. The average Bonchev–Trinajstić information content (AvgIpc) is 2.98. The van der Waals surface area contributed by atoms with E-state index in [1.54, 1.807) is 11.3 Å². The third kappa shape index (κ3) is 7.62. The Morgan fingerprint density at radius 3 is 2.80 bits per heavy atom. The minimum absolute atomic E-state index is 0.103. The normalized spacial score (nSPS) is 10.9. The van der Waals surface area contributed by atoms with Crippen molar-refractivity contribution in [3.63, 3.8) is 0 Å². The fourth-order valence-corrected chi connectivity index (χ4v) is 2.59. The summed E-state index contributed by atoms with van der Waals surface area (Å²) in [5.74, 6) is 0.103. The van der Waals surface area contributed by atoms with Crippen LogP contribution in [0.5, 0.6) is 0 Å². The molecule has 114 valence electrons. The van der Waals surface area contributed by atoms with Crippen molar-refractivity contribution in [3.05, 3.63) is 22.4 Å². The second-order valence-corrected chi connectivity index (χ2v) is 5.60. The highest BCUT2D eigenvalue weighted by Gasteiger charge is 2.02. The molecule has 0 fully saturated rings. The number of nitrogens with one attached hydrogen (secondary N) is 1. The molecule has 0 unspecified atom stereocenters. The van der Waals surface area contributed by atoms with Crippen LogP contribution in [0.15, 0.2) is 17.5 Å². The molecule has 20 heavy (non-hydrogen) atoms. The highest BCUT2D eigenvalue weighted by atomic mass is 32.1. The van der Waals surface area contributed by atoms with Crippen LogP contribution >= 0.6 is 11.3 Å². The van der Waals surface area contributed by atoms with Gasteiger partial charge in [0.05, 0.1) is 13.2 Å². The Bertz CT molecular complexity index is 351. The van der Waals surface area contributed by atoms with E-state index >= 15 is 0 Å². The van der Waals surface area contributed by atoms with E-state index in [-0.39, 0.29) is 5.91 Å². The molecule has 0 aromatic carbocycles. The maximum absolute atomic E-state index is 11.6. The number of ether oxygens (including phenoxy) is 1. The van der Waals surface area contributed by atoms with Crippen molar-refractivity contribution in [1.82, 2.24) is 10.2 Å². The third-order valence-electron chi connectivity index (χ3n) is 3.19. The van der Waals surface area contributed by atoms with E-state index in [2.05, 4.69) is 30.1 Å². The van der Waals surface area contributed by atoms with Gasteiger partial charge < -0.3 is 15.0 Å². The summed E-state index contributed by atoms with van der Waals surface area (Å²) in [7, 11) is 0. The Hall–Kier alpha value is -0.910. The second-order valence-electron chi connectivity index (χ2n) is 4.57. The fraction of sp³-hybridized carbons (Fsp3) is 0.667. The number of hydrogen-bond donors (Lipinski definition) is 1. The van der Waals surface area contributed by atoms with Crippen LogP contribution in [0.4, 0.5) is 0 Å². The minimum atomic E-state index is 0.103. The van der Waals surface area contributed by atoms with Gasteiger partial charge in [-0.1, -0.05) is 19.9 Å². The first-order valence-corrected chi connectivity index (χ1v) is 8.23. The summed E-state index contributed by atoms with van der Waals surface area (Å²) in [5.41, 5.74) is 0. The molecule has 4 nitrogen and oxygen atoms in total. The number of nitrogens with zero attached hydrogens (tertiary/aromatic N) is 1. The van der Waals surface area contributed by atoms with Crippen LogP contribution in [0.3, 0.4) is 0 Å². The Kier molecular flexibility index (Phi) is 9.28. The van der Waals surface area contributed by atoms with E-state index in [9.17, 15) is 4.79 Å². The quantitative estimate of drug-likeness (QED) is 0.637. The molecule has 1 amide bonds. The first-order chi connectivity index (χ1) is 9.76. The first kappa shape index (κ1) is 17.1. The maximum atomic E-state index is 11.6. The van der Waals surface area contributed by atoms with Gasteiger partial charge in [0.15, 0.2) is 0 Å². The van der Waals surface area contributed by atoms with Crippen LogP contribution in [-0.2, 0) is 16.0 Å². The molecule has 0 bridgehead atoms. The van der Waals surface area contributed by atoms with Gasteiger partial charge in [-0.2, -0.15) is 0 Å². The van der Waals surface area contributed by atoms with Crippen LogP contribution in [0, 0.1) is 0 Å². The molecule has 0 radical (unpaired) electrons. The summed E-state index contributed by atoms with van der Waals surface area (Å²) in [4.78, 5) is 15.2. The van der Waals surface area contributed by atoms with Gasteiger partial charge in [-0.15, -0.1) is 11.3 Å². The van der Waals surface area contributed by atoms with Crippen molar-refractivity contribution in [1.29, 1.82) is 0 Å². The largest absolute Gasteiger partial charge is 0.378 e. The van der Waals surface area contributed by atoms with Gasteiger partial charge in [0.25, 0.3) is 0 Å². The number of carbonyl (C=O) groups is 1. The van der Waals surface area contributed by atoms with Gasteiger partial charge in [-0.05, 0) is 31.0 Å². The van der Waals surface area contributed by atoms with E-state index in [4.69, 9.17) is 4.74 Å². The van der Waals surface area contributed by atoms with Crippen molar-refractivity contribution < 1.29 is 9.53 Å². The molecular weight excluding hydrogens is 272 g/mol. The molecule has 0 atom stereocenters. The van der Waals surface area contributed by atoms with E-state index in [1.807, 2.05) is 11.4 Å².